The number of nitrogens with zero attached hydrogens (tertiary/aromatic N) is 2. The highest BCUT2D eigenvalue weighted by atomic mass is 16.2. The Morgan fingerprint density at radius 3 is 2.52 bits per heavy atom. The van der Waals surface area contributed by atoms with Crippen LogP contribution in [-0.4, -0.2) is 47.0 Å². The van der Waals surface area contributed by atoms with E-state index in [-0.39, 0.29) is 6.03 Å². The van der Waals surface area contributed by atoms with E-state index in [1.165, 1.54) is 31.2 Å². The summed E-state index contributed by atoms with van der Waals surface area (Å²) in [6.07, 6.45) is 7.13. The molecule has 0 bridgehead atoms. The Morgan fingerprint density at radius 2 is 1.74 bits per heavy atom. The zero-order valence-corrected chi connectivity index (χ0v) is 13.8. The van der Waals surface area contributed by atoms with E-state index in [1.807, 2.05) is 0 Å². The number of piperidine rings is 1. The van der Waals surface area contributed by atoms with Crippen molar-refractivity contribution in [1.29, 1.82) is 0 Å². The molecule has 1 aromatic carbocycles. The highest BCUT2D eigenvalue weighted by Crippen LogP contribution is 2.32. The van der Waals surface area contributed by atoms with E-state index in [4.69, 9.17) is 0 Å². The summed E-state index contributed by atoms with van der Waals surface area (Å²) in [4.78, 5) is 17.2. The Bertz CT molecular complexity index is 539. The van der Waals surface area contributed by atoms with Crippen molar-refractivity contribution in [2.45, 2.75) is 63.2 Å². The van der Waals surface area contributed by atoms with E-state index >= 15 is 0 Å². The molecule has 1 N–H and O–H groups in total. The average molecular weight is 313 g/mol. The van der Waals surface area contributed by atoms with Crippen LogP contribution in [0.25, 0.3) is 0 Å². The van der Waals surface area contributed by atoms with Crippen LogP contribution < -0.4 is 5.32 Å². The summed E-state index contributed by atoms with van der Waals surface area (Å²) in [6, 6.07) is 12.2. The SMILES string of the molecule is O=C1N[C@@H]2CCCC[C@H]2N1C1CCN(Cc2ccccc2)CC1. The van der Waals surface area contributed by atoms with Gasteiger partial charge in [-0.05, 0) is 31.2 Å². The van der Waals surface area contributed by atoms with Gasteiger partial charge in [-0.15, -0.1) is 0 Å². The van der Waals surface area contributed by atoms with E-state index in [2.05, 4.69) is 45.4 Å². The van der Waals surface area contributed by atoms with Gasteiger partial charge in [0.1, 0.15) is 0 Å². The fourth-order valence-electron chi connectivity index (χ4n) is 4.63. The number of urea groups is 1. The number of amides is 2. The standard InChI is InChI=1S/C19H27N3O/c23-19-20-17-8-4-5-9-18(17)22(19)16-10-12-21(13-11-16)14-15-6-2-1-3-7-15/h1-3,6-7,16-18H,4-5,8-14H2,(H,20,23)/t17-,18-/m1/s1. The zero-order valence-electron chi connectivity index (χ0n) is 13.8. The lowest BCUT2D eigenvalue weighted by molar-refractivity contribution is 0.0991. The third-order valence-electron chi connectivity index (χ3n) is 5.83. The van der Waals surface area contributed by atoms with Gasteiger partial charge in [0.25, 0.3) is 0 Å². The Morgan fingerprint density at radius 1 is 1.00 bits per heavy atom. The number of nitrogens with one attached hydrogen (secondary N) is 1. The van der Waals surface area contributed by atoms with Crippen molar-refractivity contribution in [1.82, 2.24) is 15.1 Å². The maximum atomic E-state index is 12.4. The molecule has 3 aliphatic rings. The quantitative estimate of drug-likeness (QED) is 0.931. The molecular weight excluding hydrogens is 286 g/mol. The normalized spacial score (nSPS) is 29.4. The van der Waals surface area contributed by atoms with Crippen molar-refractivity contribution in [3.63, 3.8) is 0 Å². The van der Waals surface area contributed by atoms with E-state index in [0.29, 0.717) is 18.1 Å². The summed E-state index contributed by atoms with van der Waals surface area (Å²) in [5.74, 6) is 0. The smallest absolute Gasteiger partial charge is 0.318 e. The van der Waals surface area contributed by atoms with Gasteiger partial charge >= 0.3 is 6.03 Å². The summed E-state index contributed by atoms with van der Waals surface area (Å²) >= 11 is 0. The van der Waals surface area contributed by atoms with E-state index in [9.17, 15) is 4.79 Å². The number of carbonyl (C=O) groups excluding carboxylic acids is 1. The Balaban J connectivity index is 1.35. The van der Waals surface area contributed by atoms with Crippen LogP contribution in [0.1, 0.15) is 44.1 Å². The first-order valence-electron chi connectivity index (χ1n) is 9.16. The molecule has 2 atom stereocenters. The summed E-state index contributed by atoms with van der Waals surface area (Å²) in [5, 5.41) is 3.23. The molecule has 0 radical (unpaired) electrons. The van der Waals surface area contributed by atoms with Crippen LogP contribution in [0, 0.1) is 0 Å². The molecule has 3 fully saturated rings. The highest BCUT2D eigenvalue weighted by Gasteiger charge is 2.44. The van der Waals surface area contributed by atoms with Crippen LogP contribution in [0.5, 0.6) is 0 Å². The van der Waals surface area contributed by atoms with Gasteiger partial charge in [0.2, 0.25) is 0 Å². The second kappa shape index (κ2) is 6.52. The molecule has 0 spiro atoms. The van der Waals surface area contributed by atoms with E-state index in [0.717, 1.165) is 32.5 Å². The minimum absolute atomic E-state index is 0.198. The molecule has 2 heterocycles. The fourth-order valence-corrected chi connectivity index (χ4v) is 4.63. The predicted octanol–water partition coefficient (Wildman–Crippen LogP) is 2.99. The first-order valence-corrected chi connectivity index (χ1v) is 9.16. The van der Waals surface area contributed by atoms with Crippen LogP contribution >= 0.6 is 0 Å². The molecule has 4 heteroatoms. The van der Waals surface area contributed by atoms with Crippen LogP contribution in [0.2, 0.25) is 0 Å². The van der Waals surface area contributed by atoms with Crippen molar-refractivity contribution in [3.8, 4) is 0 Å². The Kier molecular flexibility index (Phi) is 4.25. The minimum atomic E-state index is 0.198. The first kappa shape index (κ1) is 15.0. The lowest BCUT2D eigenvalue weighted by Gasteiger charge is -2.40. The molecule has 1 saturated carbocycles. The number of hydrogen-bond donors (Lipinski definition) is 1. The van der Waals surface area contributed by atoms with Gasteiger partial charge in [0.05, 0.1) is 12.1 Å². The lowest BCUT2D eigenvalue weighted by Crippen LogP contribution is -2.49. The average Bonchev–Trinajstić information content (AvgIpc) is 2.92. The van der Waals surface area contributed by atoms with Gasteiger partial charge in [0.15, 0.2) is 0 Å². The molecule has 124 valence electrons. The minimum Gasteiger partial charge on any atom is -0.333 e. The number of hydrogen-bond acceptors (Lipinski definition) is 2. The summed E-state index contributed by atoms with van der Waals surface area (Å²) in [5.41, 5.74) is 1.39. The van der Waals surface area contributed by atoms with Crippen molar-refractivity contribution < 1.29 is 4.79 Å². The Labute approximate surface area is 138 Å². The monoisotopic (exact) mass is 313 g/mol. The third-order valence-corrected chi connectivity index (χ3v) is 5.83. The van der Waals surface area contributed by atoms with Crippen molar-refractivity contribution >= 4 is 6.03 Å². The molecule has 4 rings (SSSR count). The van der Waals surface area contributed by atoms with Crippen LogP contribution in [0.4, 0.5) is 4.79 Å². The molecule has 1 aliphatic carbocycles. The first-order chi connectivity index (χ1) is 11.3. The molecule has 2 saturated heterocycles. The maximum Gasteiger partial charge on any atom is 0.318 e. The van der Waals surface area contributed by atoms with Gasteiger partial charge in [-0.2, -0.15) is 0 Å². The number of rotatable bonds is 3. The van der Waals surface area contributed by atoms with Crippen molar-refractivity contribution in [2.75, 3.05) is 13.1 Å². The highest BCUT2D eigenvalue weighted by molar-refractivity contribution is 5.78. The van der Waals surface area contributed by atoms with Gasteiger partial charge in [-0.3, -0.25) is 4.90 Å². The molecule has 0 aromatic heterocycles. The summed E-state index contributed by atoms with van der Waals surface area (Å²) < 4.78 is 0. The fraction of sp³-hybridized carbons (Fsp3) is 0.632. The number of likely N-dealkylation sites (tertiary alicyclic amines) is 1. The Hall–Kier alpha value is -1.55. The van der Waals surface area contributed by atoms with Gasteiger partial charge < -0.3 is 10.2 Å². The van der Waals surface area contributed by atoms with Crippen molar-refractivity contribution in [2.24, 2.45) is 0 Å². The van der Waals surface area contributed by atoms with Gasteiger partial charge in [0, 0.05) is 25.7 Å². The molecule has 2 amide bonds. The zero-order chi connectivity index (χ0) is 15.6. The van der Waals surface area contributed by atoms with E-state index < -0.39 is 0 Å². The maximum absolute atomic E-state index is 12.4. The third kappa shape index (κ3) is 3.09. The molecule has 2 aliphatic heterocycles. The summed E-state index contributed by atoms with van der Waals surface area (Å²) in [7, 11) is 0. The second-order valence-electron chi connectivity index (χ2n) is 7.31. The second-order valence-corrected chi connectivity index (χ2v) is 7.31. The topological polar surface area (TPSA) is 35.6 Å². The van der Waals surface area contributed by atoms with Crippen molar-refractivity contribution in [3.05, 3.63) is 35.9 Å². The molecule has 0 unspecified atom stereocenters. The number of fused-ring (bicyclic) bond motifs is 1. The van der Waals surface area contributed by atoms with Crippen LogP contribution in [-0.2, 0) is 6.54 Å². The molecule has 1 aromatic rings. The summed E-state index contributed by atoms with van der Waals surface area (Å²) in [6.45, 7) is 3.23. The van der Waals surface area contributed by atoms with Crippen LogP contribution in [0.15, 0.2) is 30.3 Å². The predicted molar refractivity (Wildman–Crippen MR) is 91.2 cm³/mol. The largest absolute Gasteiger partial charge is 0.333 e. The number of carbonyl (C=O) groups is 1. The van der Waals surface area contributed by atoms with Crippen LogP contribution in [0.3, 0.4) is 0 Å². The lowest BCUT2D eigenvalue weighted by atomic mass is 9.89. The van der Waals surface area contributed by atoms with Gasteiger partial charge in [-0.25, -0.2) is 4.79 Å². The molecular formula is C19H27N3O. The molecule has 4 nitrogen and oxygen atoms in total. The molecule has 23 heavy (non-hydrogen) atoms. The van der Waals surface area contributed by atoms with Gasteiger partial charge in [-0.1, -0.05) is 43.2 Å². The number of benzene rings is 1. The van der Waals surface area contributed by atoms with E-state index in [1.54, 1.807) is 0 Å².